The van der Waals surface area contributed by atoms with Crippen molar-refractivity contribution in [3.63, 3.8) is 0 Å². The number of ether oxygens (including phenoxy) is 1. The molecule has 0 aliphatic carbocycles. The van der Waals surface area contributed by atoms with E-state index in [1.165, 1.54) is 0 Å². The van der Waals surface area contributed by atoms with Gasteiger partial charge in [-0.15, -0.1) is 0 Å². The van der Waals surface area contributed by atoms with Crippen LogP contribution in [0.3, 0.4) is 0 Å². The van der Waals surface area contributed by atoms with E-state index in [2.05, 4.69) is 36.3 Å². The molecule has 2 unspecified atom stereocenters. The number of aromatic nitrogens is 1. The minimum atomic E-state index is -0.321. The number of benzene rings is 2. The van der Waals surface area contributed by atoms with Gasteiger partial charge >= 0.3 is 6.09 Å². The van der Waals surface area contributed by atoms with E-state index < -0.39 is 0 Å². The van der Waals surface area contributed by atoms with Gasteiger partial charge in [0, 0.05) is 67.6 Å². The highest BCUT2D eigenvalue weighted by molar-refractivity contribution is 6.07. The largest absolute Gasteiger partial charge is 0.450 e. The van der Waals surface area contributed by atoms with Crippen molar-refractivity contribution in [1.82, 2.24) is 14.8 Å². The van der Waals surface area contributed by atoms with Crippen molar-refractivity contribution in [2.75, 3.05) is 43.0 Å². The summed E-state index contributed by atoms with van der Waals surface area (Å²) in [6.45, 7) is 11.7. The normalized spacial score (nSPS) is 19.5. The van der Waals surface area contributed by atoms with Crippen LogP contribution in [-0.4, -0.2) is 66.2 Å². The summed E-state index contributed by atoms with van der Waals surface area (Å²) in [5, 5.41) is 6.26. The molecule has 2 atom stereocenters. The number of piperidine rings is 2. The molecule has 3 aromatic rings. The van der Waals surface area contributed by atoms with Gasteiger partial charge in [-0.05, 0) is 79.5 Å². The molecule has 2 aromatic carbocycles. The summed E-state index contributed by atoms with van der Waals surface area (Å²) in [5.41, 5.74) is 4.61. The summed E-state index contributed by atoms with van der Waals surface area (Å²) in [6, 6.07) is 18.6. The van der Waals surface area contributed by atoms with Crippen molar-refractivity contribution in [1.29, 1.82) is 0 Å². The SMILES string of the molecule is CCOC(=O)N1CCC(NC(=O)c2ccc(N3CC4CC(C3)c3cccc(=O)n3C4)c(NC(=O)c3ccc(C(C)(C)C)cc3)c2)CC1. The van der Waals surface area contributed by atoms with E-state index in [0.717, 1.165) is 29.9 Å². The quantitative estimate of drug-likeness (QED) is 0.375. The van der Waals surface area contributed by atoms with Crippen molar-refractivity contribution in [2.45, 2.75) is 70.9 Å². The molecule has 0 spiro atoms. The van der Waals surface area contributed by atoms with E-state index in [1.807, 2.05) is 53.1 Å². The molecule has 2 saturated heterocycles. The Balaban J connectivity index is 1.24. The number of hydrogen-bond acceptors (Lipinski definition) is 6. The van der Waals surface area contributed by atoms with E-state index in [-0.39, 0.29) is 40.8 Å². The summed E-state index contributed by atoms with van der Waals surface area (Å²) >= 11 is 0. The number of pyridine rings is 1. The number of carbonyl (C=O) groups is 3. The molecule has 4 heterocycles. The lowest BCUT2D eigenvalue weighted by Gasteiger charge is -2.44. The Morgan fingerprint density at radius 3 is 2.32 bits per heavy atom. The van der Waals surface area contributed by atoms with E-state index in [1.54, 1.807) is 24.0 Å². The third-order valence-corrected chi connectivity index (χ3v) is 9.70. The van der Waals surface area contributed by atoms with Crippen LogP contribution in [0.15, 0.2) is 65.5 Å². The monoisotopic (exact) mass is 639 g/mol. The Labute approximate surface area is 276 Å². The van der Waals surface area contributed by atoms with Gasteiger partial charge in [-0.1, -0.05) is 39.0 Å². The molecular formula is C37H45N5O5. The zero-order chi connectivity index (χ0) is 33.3. The number of nitrogens with zero attached hydrogens (tertiary/aromatic N) is 3. The summed E-state index contributed by atoms with van der Waals surface area (Å²) < 4.78 is 7.03. The first kappa shape index (κ1) is 32.3. The highest BCUT2D eigenvalue weighted by atomic mass is 16.6. The first-order valence-corrected chi connectivity index (χ1v) is 16.7. The lowest BCUT2D eigenvalue weighted by Crippen LogP contribution is -2.47. The van der Waals surface area contributed by atoms with Gasteiger partial charge in [0.25, 0.3) is 17.4 Å². The molecule has 6 rings (SSSR count). The third-order valence-electron chi connectivity index (χ3n) is 9.70. The van der Waals surface area contributed by atoms with Crippen LogP contribution < -0.4 is 21.1 Å². The zero-order valence-corrected chi connectivity index (χ0v) is 27.8. The smallest absolute Gasteiger partial charge is 0.409 e. The van der Waals surface area contributed by atoms with Gasteiger partial charge in [0.2, 0.25) is 0 Å². The molecule has 0 saturated carbocycles. The predicted octanol–water partition coefficient (Wildman–Crippen LogP) is 5.37. The minimum Gasteiger partial charge on any atom is -0.450 e. The van der Waals surface area contributed by atoms with E-state index in [0.29, 0.717) is 68.4 Å². The number of nitrogens with one attached hydrogen (secondary N) is 2. The highest BCUT2D eigenvalue weighted by Gasteiger charge is 2.35. The second kappa shape index (κ2) is 13.3. The maximum Gasteiger partial charge on any atom is 0.409 e. The number of rotatable bonds is 6. The van der Waals surface area contributed by atoms with Crippen molar-refractivity contribution in [3.05, 3.63) is 93.4 Å². The molecule has 10 heteroatoms. The Kier molecular flexibility index (Phi) is 9.12. The number of hydrogen-bond donors (Lipinski definition) is 2. The van der Waals surface area contributed by atoms with Crippen LogP contribution in [-0.2, 0) is 16.7 Å². The van der Waals surface area contributed by atoms with Crippen LogP contribution in [0.1, 0.15) is 84.8 Å². The fourth-order valence-corrected chi connectivity index (χ4v) is 7.15. The molecule has 3 amide bonds. The second-order valence-corrected chi connectivity index (χ2v) is 14.1. The molecule has 10 nitrogen and oxygen atoms in total. The lowest BCUT2D eigenvalue weighted by atomic mass is 9.83. The summed E-state index contributed by atoms with van der Waals surface area (Å²) in [7, 11) is 0. The third kappa shape index (κ3) is 7.06. The minimum absolute atomic E-state index is 0.0324. The van der Waals surface area contributed by atoms with Gasteiger partial charge in [0.05, 0.1) is 18.0 Å². The average molecular weight is 640 g/mol. The van der Waals surface area contributed by atoms with E-state index in [4.69, 9.17) is 4.74 Å². The van der Waals surface area contributed by atoms with Gasteiger partial charge in [-0.3, -0.25) is 14.4 Å². The zero-order valence-electron chi connectivity index (χ0n) is 27.8. The maximum absolute atomic E-state index is 13.6. The summed E-state index contributed by atoms with van der Waals surface area (Å²) in [6.07, 6.45) is 1.96. The van der Waals surface area contributed by atoms with Crippen LogP contribution in [0.4, 0.5) is 16.2 Å². The molecule has 248 valence electrons. The number of likely N-dealkylation sites (tertiary alicyclic amines) is 1. The van der Waals surface area contributed by atoms with Gasteiger partial charge in [0.15, 0.2) is 0 Å². The van der Waals surface area contributed by atoms with Gasteiger partial charge in [-0.2, -0.15) is 0 Å². The predicted molar refractivity (Wildman–Crippen MR) is 182 cm³/mol. The Morgan fingerprint density at radius 1 is 0.894 bits per heavy atom. The van der Waals surface area contributed by atoms with E-state index >= 15 is 0 Å². The molecule has 0 radical (unpaired) electrons. The summed E-state index contributed by atoms with van der Waals surface area (Å²) in [4.78, 5) is 55.8. The topological polar surface area (TPSA) is 113 Å². The molecule has 1 aromatic heterocycles. The van der Waals surface area contributed by atoms with Crippen LogP contribution in [0.5, 0.6) is 0 Å². The number of amides is 3. The second-order valence-electron chi connectivity index (χ2n) is 14.1. The highest BCUT2D eigenvalue weighted by Crippen LogP contribution is 2.39. The van der Waals surface area contributed by atoms with Crippen LogP contribution >= 0.6 is 0 Å². The van der Waals surface area contributed by atoms with Gasteiger partial charge < -0.3 is 29.7 Å². The lowest BCUT2D eigenvalue weighted by molar-refractivity contribution is 0.0859. The first-order valence-electron chi connectivity index (χ1n) is 16.7. The van der Waals surface area contributed by atoms with Crippen molar-refractivity contribution in [3.8, 4) is 0 Å². The van der Waals surface area contributed by atoms with Crippen molar-refractivity contribution >= 4 is 29.3 Å². The van der Waals surface area contributed by atoms with Crippen molar-refractivity contribution in [2.24, 2.45) is 5.92 Å². The fourth-order valence-electron chi connectivity index (χ4n) is 7.15. The van der Waals surface area contributed by atoms with E-state index in [9.17, 15) is 19.2 Å². The number of anilines is 2. The Hall–Kier alpha value is -4.60. The van der Waals surface area contributed by atoms with Crippen LogP contribution in [0.2, 0.25) is 0 Å². The standard InChI is InChI=1S/C37H45N5O5/c1-5-47-36(46)40-17-15-29(16-18-40)38-35(45)26-11-14-32(30(20-26)39-34(44)25-9-12-28(13-10-25)37(2,3)4)41-21-24-19-27(23-41)31-7-6-8-33(43)42(31)22-24/h6-14,20,24,27,29H,5,15-19,21-23H2,1-4H3,(H,38,45)(H,39,44). The van der Waals surface area contributed by atoms with Crippen LogP contribution in [0.25, 0.3) is 0 Å². The fraction of sp³-hybridized carbons (Fsp3) is 0.459. The molecule has 2 N–H and O–H groups in total. The Morgan fingerprint density at radius 2 is 1.62 bits per heavy atom. The Bertz CT molecular complexity index is 1700. The summed E-state index contributed by atoms with van der Waals surface area (Å²) in [5.74, 6) is 0.0105. The number of fused-ring (bicyclic) bond motifs is 4. The van der Waals surface area contributed by atoms with Crippen LogP contribution in [0, 0.1) is 5.92 Å². The van der Waals surface area contributed by atoms with Crippen molar-refractivity contribution < 1.29 is 19.1 Å². The number of carbonyl (C=O) groups excluding carboxylic acids is 3. The molecule has 2 bridgehead atoms. The molecular weight excluding hydrogens is 594 g/mol. The van der Waals surface area contributed by atoms with Gasteiger partial charge in [-0.25, -0.2) is 4.79 Å². The molecule has 2 fully saturated rings. The first-order chi connectivity index (χ1) is 22.5. The molecule has 3 aliphatic rings. The molecule has 3 aliphatic heterocycles. The maximum atomic E-state index is 13.6. The average Bonchev–Trinajstić information content (AvgIpc) is 3.05. The van der Waals surface area contributed by atoms with Gasteiger partial charge in [0.1, 0.15) is 0 Å². The molecule has 47 heavy (non-hydrogen) atoms.